The summed E-state index contributed by atoms with van der Waals surface area (Å²) in [4.78, 5) is 15.3. The standard InChI is InChI=1S/C25H33ClN4O6S2/c1-3-36-23-11-6-20(26)17-24(23)38(34,35)30-12-4-5-19(18-30)25(31)27-21-7-9-22(10-8-21)37(32,33)29-15-13-28(2)14-16-29/h6-11,17,19H,3-5,12-16,18H2,1-2H3,(H,27,31)/t19-/m0/s1. The van der Waals surface area contributed by atoms with Gasteiger partial charge >= 0.3 is 0 Å². The molecule has 0 unspecified atom stereocenters. The number of hydrogen-bond acceptors (Lipinski definition) is 7. The smallest absolute Gasteiger partial charge is 0.246 e. The van der Waals surface area contributed by atoms with Crippen molar-refractivity contribution in [3.63, 3.8) is 0 Å². The number of ether oxygens (including phenoxy) is 1. The van der Waals surface area contributed by atoms with Gasteiger partial charge in [0.1, 0.15) is 10.6 Å². The minimum atomic E-state index is -3.94. The van der Waals surface area contributed by atoms with Gasteiger partial charge in [0.2, 0.25) is 26.0 Å². The number of anilines is 1. The van der Waals surface area contributed by atoms with E-state index in [-0.39, 0.29) is 39.6 Å². The van der Waals surface area contributed by atoms with Crippen LogP contribution in [0.4, 0.5) is 5.69 Å². The molecule has 38 heavy (non-hydrogen) atoms. The second kappa shape index (κ2) is 11.9. The number of carbonyl (C=O) groups is 1. The number of nitrogens with zero attached hydrogens (tertiary/aromatic N) is 3. The number of carbonyl (C=O) groups excluding carboxylic acids is 1. The molecule has 2 heterocycles. The zero-order valence-electron chi connectivity index (χ0n) is 21.5. The predicted molar refractivity (Wildman–Crippen MR) is 145 cm³/mol. The van der Waals surface area contributed by atoms with E-state index in [1.807, 2.05) is 7.05 Å². The fourth-order valence-electron chi connectivity index (χ4n) is 4.60. The lowest BCUT2D eigenvalue weighted by Crippen LogP contribution is -2.47. The zero-order valence-corrected chi connectivity index (χ0v) is 23.9. The normalized spacial score (nSPS) is 20.2. The van der Waals surface area contributed by atoms with Crippen LogP contribution in [0.5, 0.6) is 5.75 Å². The average Bonchev–Trinajstić information content (AvgIpc) is 2.90. The summed E-state index contributed by atoms with van der Waals surface area (Å²) in [6.45, 7) is 4.56. The maximum atomic E-state index is 13.4. The molecule has 2 saturated heterocycles. The first-order chi connectivity index (χ1) is 18.0. The molecular formula is C25H33ClN4O6S2. The molecule has 1 atom stereocenters. The Kier molecular flexibility index (Phi) is 9.00. The van der Waals surface area contributed by atoms with Crippen LogP contribution < -0.4 is 10.1 Å². The maximum Gasteiger partial charge on any atom is 0.246 e. The van der Waals surface area contributed by atoms with Crippen molar-refractivity contribution in [1.29, 1.82) is 0 Å². The number of sulfonamides is 2. The van der Waals surface area contributed by atoms with Crippen molar-refractivity contribution < 1.29 is 26.4 Å². The van der Waals surface area contributed by atoms with E-state index >= 15 is 0 Å². The molecule has 0 aromatic heterocycles. The minimum absolute atomic E-state index is 0.0160. The average molecular weight is 585 g/mol. The largest absolute Gasteiger partial charge is 0.492 e. The topological polar surface area (TPSA) is 116 Å². The lowest BCUT2D eigenvalue weighted by atomic mass is 9.99. The molecule has 0 aliphatic carbocycles. The van der Waals surface area contributed by atoms with Gasteiger partial charge in [-0.3, -0.25) is 4.79 Å². The van der Waals surface area contributed by atoms with Crippen molar-refractivity contribution in [2.45, 2.75) is 29.6 Å². The van der Waals surface area contributed by atoms with Crippen LogP contribution in [-0.4, -0.2) is 89.2 Å². The summed E-state index contributed by atoms with van der Waals surface area (Å²) in [6, 6.07) is 10.5. The Morgan fingerprint density at radius 1 is 0.974 bits per heavy atom. The molecular weight excluding hydrogens is 552 g/mol. The summed E-state index contributed by atoms with van der Waals surface area (Å²) in [6.07, 6.45) is 1.05. The zero-order chi connectivity index (χ0) is 27.5. The molecule has 0 spiro atoms. The summed E-state index contributed by atoms with van der Waals surface area (Å²) < 4.78 is 61.0. The Labute approximate surface area is 229 Å². The van der Waals surface area contributed by atoms with Gasteiger partial charge in [0, 0.05) is 50.0 Å². The molecule has 2 aliphatic rings. The fourth-order valence-corrected chi connectivity index (χ4v) is 7.94. The van der Waals surface area contributed by atoms with Crippen LogP contribution in [0.15, 0.2) is 52.3 Å². The Bertz CT molecular complexity index is 1360. The van der Waals surface area contributed by atoms with Gasteiger partial charge in [0.25, 0.3) is 0 Å². The van der Waals surface area contributed by atoms with Crippen molar-refractivity contribution in [3.8, 4) is 5.75 Å². The molecule has 4 rings (SSSR count). The van der Waals surface area contributed by atoms with Crippen molar-refractivity contribution in [1.82, 2.24) is 13.5 Å². The first-order valence-corrected chi connectivity index (χ1v) is 15.8. The SMILES string of the molecule is CCOc1ccc(Cl)cc1S(=O)(=O)N1CCC[C@H](C(=O)Nc2ccc(S(=O)(=O)N3CCN(C)CC3)cc2)C1. The summed E-state index contributed by atoms with van der Waals surface area (Å²) in [5, 5.41) is 3.08. The van der Waals surface area contributed by atoms with Gasteiger partial charge in [0.15, 0.2) is 0 Å². The molecule has 1 N–H and O–H groups in total. The van der Waals surface area contributed by atoms with Crippen LogP contribution in [0, 0.1) is 5.92 Å². The number of piperazine rings is 1. The van der Waals surface area contributed by atoms with E-state index in [0.717, 1.165) is 0 Å². The van der Waals surface area contributed by atoms with E-state index < -0.39 is 26.0 Å². The number of benzene rings is 2. The highest BCUT2D eigenvalue weighted by atomic mass is 35.5. The van der Waals surface area contributed by atoms with E-state index in [1.165, 1.54) is 32.9 Å². The molecule has 2 aromatic carbocycles. The van der Waals surface area contributed by atoms with Gasteiger partial charge in [0.05, 0.1) is 17.4 Å². The lowest BCUT2D eigenvalue weighted by Gasteiger charge is -2.32. The van der Waals surface area contributed by atoms with Crippen LogP contribution >= 0.6 is 11.6 Å². The molecule has 0 radical (unpaired) electrons. The highest BCUT2D eigenvalue weighted by molar-refractivity contribution is 7.89. The van der Waals surface area contributed by atoms with Crippen LogP contribution in [-0.2, 0) is 24.8 Å². The van der Waals surface area contributed by atoms with Gasteiger partial charge < -0.3 is 15.0 Å². The second-order valence-corrected chi connectivity index (χ2v) is 13.7. The monoisotopic (exact) mass is 584 g/mol. The van der Waals surface area contributed by atoms with Crippen molar-refractivity contribution >= 4 is 43.2 Å². The Morgan fingerprint density at radius 3 is 2.32 bits per heavy atom. The summed E-state index contributed by atoms with van der Waals surface area (Å²) in [5.74, 6) is -0.673. The van der Waals surface area contributed by atoms with E-state index in [2.05, 4.69) is 10.2 Å². The number of piperidine rings is 1. The Morgan fingerprint density at radius 2 is 1.66 bits per heavy atom. The van der Waals surface area contributed by atoms with Gasteiger partial charge in [-0.1, -0.05) is 11.6 Å². The molecule has 208 valence electrons. The van der Waals surface area contributed by atoms with Gasteiger partial charge in [-0.05, 0) is 69.3 Å². The Balaban J connectivity index is 1.43. The van der Waals surface area contributed by atoms with Crippen LogP contribution in [0.3, 0.4) is 0 Å². The predicted octanol–water partition coefficient (Wildman–Crippen LogP) is 2.71. The quantitative estimate of drug-likeness (QED) is 0.507. The first kappa shape index (κ1) is 28.8. The molecule has 2 aliphatic heterocycles. The fraction of sp³-hybridized carbons (Fsp3) is 0.480. The maximum absolute atomic E-state index is 13.4. The molecule has 13 heteroatoms. The minimum Gasteiger partial charge on any atom is -0.492 e. The summed E-state index contributed by atoms with van der Waals surface area (Å²) in [7, 11) is -5.60. The third kappa shape index (κ3) is 6.32. The van der Waals surface area contributed by atoms with Gasteiger partial charge in [-0.25, -0.2) is 16.8 Å². The highest BCUT2D eigenvalue weighted by Crippen LogP contribution is 2.32. The number of nitrogens with one attached hydrogen (secondary N) is 1. The third-order valence-corrected chi connectivity index (χ3v) is 10.8. The first-order valence-electron chi connectivity index (χ1n) is 12.5. The van der Waals surface area contributed by atoms with Crippen LogP contribution in [0.2, 0.25) is 5.02 Å². The summed E-state index contributed by atoms with van der Waals surface area (Å²) in [5.41, 5.74) is 0.445. The molecule has 0 saturated carbocycles. The van der Waals surface area contributed by atoms with E-state index in [9.17, 15) is 21.6 Å². The molecule has 10 nitrogen and oxygen atoms in total. The number of halogens is 1. The molecule has 2 fully saturated rings. The van der Waals surface area contributed by atoms with Crippen molar-refractivity contribution in [3.05, 3.63) is 47.5 Å². The number of likely N-dealkylation sites (N-methyl/N-ethyl adjacent to an activating group) is 1. The van der Waals surface area contributed by atoms with Crippen LogP contribution in [0.1, 0.15) is 19.8 Å². The number of rotatable bonds is 8. The van der Waals surface area contributed by atoms with Crippen LogP contribution in [0.25, 0.3) is 0 Å². The summed E-state index contributed by atoms with van der Waals surface area (Å²) >= 11 is 6.08. The molecule has 2 aromatic rings. The lowest BCUT2D eigenvalue weighted by molar-refractivity contribution is -0.120. The number of amides is 1. The van der Waals surface area contributed by atoms with Gasteiger partial charge in [-0.15, -0.1) is 0 Å². The Hall–Kier alpha value is -2.22. The number of hydrogen-bond donors (Lipinski definition) is 1. The third-order valence-electron chi connectivity index (χ3n) is 6.80. The van der Waals surface area contributed by atoms with Crippen molar-refractivity contribution in [2.75, 3.05) is 58.2 Å². The van der Waals surface area contributed by atoms with E-state index in [4.69, 9.17) is 16.3 Å². The highest BCUT2D eigenvalue weighted by Gasteiger charge is 2.35. The second-order valence-electron chi connectivity index (χ2n) is 9.45. The molecule has 0 bridgehead atoms. The van der Waals surface area contributed by atoms with E-state index in [1.54, 1.807) is 25.1 Å². The van der Waals surface area contributed by atoms with Crippen molar-refractivity contribution in [2.24, 2.45) is 5.92 Å². The van der Waals surface area contributed by atoms with E-state index in [0.29, 0.717) is 51.3 Å². The van der Waals surface area contributed by atoms with Gasteiger partial charge in [-0.2, -0.15) is 8.61 Å². The molecule has 1 amide bonds.